The van der Waals surface area contributed by atoms with Crippen molar-refractivity contribution in [1.29, 1.82) is 0 Å². The number of rotatable bonds is 14. The van der Waals surface area contributed by atoms with Crippen LogP contribution < -0.4 is 0 Å². The summed E-state index contributed by atoms with van der Waals surface area (Å²) in [5, 5.41) is 0.288. The van der Waals surface area contributed by atoms with E-state index in [0.29, 0.717) is 5.92 Å². The fourth-order valence-electron chi connectivity index (χ4n) is 6.98. The highest BCUT2D eigenvalue weighted by Crippen LogP contribution is 2.46. The lowest BCUT2D eigenvalue weighted by molar-refractivity contribution is -0.137. The molecule has 1 aromatic carbocycles. The van der Waals surface area contributed by atoms with E-state index in [2.05, 4.69) is 6.92 Å². The van der Waals surface area contributed by atoms with Gasteiger partial charge < -0.3 is 0 Å². The van der Waals surface area contributed by atoms with Gasteiger partial charge in [0.2, 0.25) is 0 Å². The normalized spacial score (nSPS) is 25.2. The average molecular weight is 527 g/mol. The second-order valence-corrected chi connectivity index (χ2v) is 12.4. The van der Waals surface area contributed by atoms with E-state index in [0.717, 1.165) is 42.2 Å². The minimum Gasteiger partial charge on any atom is -0.166 e. The van der Waals surface area contributed by atoms with Crippen LogP contribution in [-0.4, -0.2) is 0 Å². The molecule has 206 valence electrons. The fraction of sp³-hybridized carbons (Fsp3) is 0.812. The van der Waals surface area contributed by atoms with Crippen LogP contribution in [-0.2, 0) is 6.18 Å². The SMILES string of the molecule is CCCCCCCCCCCCCC1CCC(C2CCC(c3ccc(C(F)(F)F)cc3Cl)CC2)CC1. The molecule has 0 atom stereocenters. The molecule has 36 heavy (non-hydrogen) atoms. The van der Waals surface area contributed by atoms with Crippen LogP contribution in [0.15, 0.2) is 18.2 Å². The van der Waals surface area contributed by atoms with Gasteiger partial charge in [-0.1, -0.05) is 114 Å². The number of alkyl halides is 3. The maximum Gasteiger partial charge on any atom is 0.416 e. The molecule has 0 amide bonds. The molecular weight excluding hydrogens is 477 g/mol. The highest BCUT2D eigenvalue weighted by Gasteiger charge is 2.34. The lowest BCUT2D eigenvalue weighted by Crippen LogP contribution is -2.25. The second-order valence-electron chi connectivity index (χ2n) is 12.0. The van der Waals surface area contributed by atoms with Gasteiger partial charge in [-0.05, 0) is 79.9 Å². The van der Waals surface area contributed by atoms with Crippen molar-refractivity contribution in [3.63, 3.8) is 0 Å². The van der Waals surface area contributed by atoms with Crippen LogP contribution in [0.1, 0.15) is 152 Å². The summed E-state index contributed by atoms with van der Waals surface area (Å²) in [6, 6.07) is 3.93. The van der Waals surface area contributed by atoms with Crippen molar-refractivity contribution in [1.82, 2.24) is 0 Å². The Bertz CT molecular complexity index is 727. The Labute approximate surface area is 224 Å². The standard InChI is InChI=1S/C32H50ClF3/c1-2-3-4-5-6-7-8-9-10-11-12-13-25-14-16-26(17-15-25)27-18-20-28(21-19-27)30-23-22-29(24-31(30)33)32(34,35)36/h22-28H,2-21H2,1H3. The molecule has 0 bridgehead atoms. The highest BCUT2D eigenvalue weighted by atomic mass is 35.5. The molecule has 2 fully saturated rings. The monoisotopic (exact) mass is 526 g/mol. The summed E-state index contributed by atoms with van der Waals surface area (Å²) in [5.74, 6) is 2.93. The van der Waals surface area contributed by atoms with E-state index in [1.54, 1.807) is 6.07 Å². The first-order valence-corrected chi connectivity index (χ1v) is 15.6. The van der Waals surface area contributed by atoms with Gasteiger partial charge in [-0.3, -0.25) is 0 Å². The predicted octanol–water partition coefficient (Wildman–Crippen LogP) is 12.1. The molecule has 3 rings (SSSR count). The Morgan fingerprint density at radius 2 is 1.19 bits per heavy atom. The third-order valence-electron chi connectivity index (χ3n) is 9.31. The molecule has 4 heteroatoms. The number of halogens is 4. The van der Waals surface area contributed by atoms with Crippen LogP contribution in [0.2, 0.25) is 5.02 Å². The van der Waals surface area contributed by atoms with E-state index in [9.17, 15) is 13.2 Å². The Morgan fingerprint density at radius 1 is 0.694 bits per heavy atom. The molecule has 0 nitrogen and oxygen atoms in total. The third-order valence-corrected chi connectivity index (χ3v) is 9.64. The second kappa shape index (κ2) is 15.6. The van der Waals surface area contributed by atoms with Gasteiger partial charge >= 0.3 is 6.18 Å². The van der Waals surface area contributed by atoms with Gasteiger partial charge in [-0.15, -0.1) is 0 Å². The largest absolute Gasteiger partial charge is 0.416 e. The highest BCUT2D eigenvalue weighted by molar-refractivity contribution is 6.31. The Morgan fingerprint density at radius 3 is 1.69 bits per heavy atom. The van der Waals surface area contributed by atoms with Crippen molar-refractivity contribution in [3.8, 4) is 0 Å². The van der Waals surface area contributed by atoms with Crippen LogP contribution in [0.3, 0.4) is 0 Å². The van der Waals surface area contributed by atoms with Crippen LogP contribution >= 0.6 is 11.6 Å². The molecule has 0 aromatic heterocycles. The topological polar surface area (TPSA) is 0 Å². The van der Waals surface area contributed by atoms with Crippen molar-refractivity contribution in [2.24, 2.45) is 17.8 Å². The molecule has 0 radical (unpaired) electrons. The number of hydrogen-bond acceptors (Lipinski definition) is 0. The molecule has 2 saturated carbocycles. The molecule has 0 saturated heterocycles. The van der Waals surface area contributed by atoms with Crippen molar-refractivity contribution in [2.45, 2.75) is 147 Å². The molecule has 0 N–H and O–H groups in total. The van der Waals surface area contributed by atoms with Gasteiger partial charge in [0.1, 0.15) is 0 Å². The van der Waals surface area contributed by atoms with Gasteiger partial charge in [0.05, 0.1) is 5.56 Å². The zero-order valence-corrected chi connectivity index (χ0v) is 23.5. The van der Waals surface area contributed by atoms with Crippen LogP contribution in [0.4, 0.5) is 13.2 Å². The Balaban J connectivity index is 1.25. The molecule has 0 unspecified atom stereocenters. The van der Waals surface area contributed by atoms with Crippen molar-refractivity contribution in [3.05, 3.63) is 34.3 Å². The van der Waals surface area contributed by atoms with Crippen molar-refractivity contribution in [2.75, 3.05) is 0 Å². The summed E-state index contributed by atoms with van der Waals surface area (Å²) in [6.45, 7) is 2.28. The quantitative estimate of drug-likeness (QED) is 0.211. The minimum absolute atomic E-state index is 0.288. The Kier molecular flexibility index (Phi) is 13.0. The molecule has 0 heterocycles. The first-order chi connectivity index (χ1) is 17.4. The zero-order chi connectivity index (χ0) is 25.8. The molecule has 1 aromatic rings. The van der Waals surface area contributed by atoms with Crippen LogP contribution in [0.25, 0.3) is 0 Å². The first kappa shape index (κ1) is 29.9. The zero-order valence-electron chi connectivity index (χ0n) is 22.7. The van der Waals surface area contributed by atoms with Crippen LogP contribution in [0, 0.1) is 17.8 Å². The van der Waals surface area contributed by atoms with Gasteiger partial charge in [0.15, 0.2) is 0 Å². The molecule has 2 aliphatic carbocycles. The summed E-state index contributed by atoms with van der Waals surface area (Å²) in [4.78, 5) is 0. The van der Waals surface area contributed by atoms with Gasteiger partial charge in [-0.25, -0.2) is 0 Å². The summed E-state index contributed by atoms with van der Waals surface area (Å²) in [7, 11) is 0. The van der Waals surface area contributed by atoms with Crippen molar-refractivity contribution >= 4 is 11.6 Å². The lowest BCUT2D eigenvalue weighted by Gasteiger charge is -2.38. The average Bonchev–Trinajstić information content (AvgIpc) is 2.87. The lowest BCUT2D eigenvalue weighted by atomic mass is 9.68. The Hall–Kier alpha value is -0.700. The summed E-state index contributed by atoms with van der Waals surface area (Å²) >= 11 is 6.27. The summed E-state index contributed by atoms with van der Waals surface area (Å²) in [6.07, 6.45) is 22.9. The molecule has 0 aliphatic heterocycles. The predicted molar refractivity (Wildman–Crippen MR) is 148 cm³/mol. The molecule has 0 spiro atoms. The van der Waals surface area contributed by atoms with Gasteiger partial charge in [0, 0.05) is 5.02 Å². The minimum atomic E-state index is -4.33. The van der Waals surface area contributed by atoms with Gasteiger partial charge in [-0.2, -0.15) is 13.2 Å². The third kappa shape index (κ3) is 9.88. The summed E-state index contributed by atoms with van der Waals surface area (Å²) in [5.41, 5.74) is 0.272. The molecular formula is C32H50ClF3. The molecule has 2 aliphatic rings. The number of hydrogen-bond donors (Lipinski definition) is 0. The maximum absolute atomic E-state index is 13.0. The van der Waals surface area contributed by atoms with E-state index in [1.807, 2.05) is 0 Å². The smallest absolute Gasteiger partial charge is 0.166 e. The maximum atomic E-state index is 13.0. The first-order valence-electron chi connectivity index (χ1n) is 15.2. The van der Waals surface area contributed by atoms with E-state index < -0.39 is 11.7 Å². The summed E-state index contributed by atoms with van der Waals surface area (Å²) < 4.78 is 38.9. The van der Waals surface area contributed by atoms with E-state index in [4.69, 9.17) is 11.6 Å². The van der Waals surface area contributed by atoms with E-state index in [1.165, 1.54) is 122 Å². The fourth-order valence-corrected chi connectivity index (χ4v) is 7.32. The van der Waals surface area contributed by atoms with E-state index in [-0.39, 0.29) is 5.02 Å². The van der Waals surface area contributed by atoms with Crippen LogP contribution in [0.5, 0.6) is 0 Å². The van der Waals surface area contributed by atoms with E-state index >= 15 is 0 Å². The number of benzene rings is 1. The number of unbranched alkanes of at least 4 members (excludes halogenated alkanes) is 10. The van der Waals surface area contributed by atoms with Gasteiger partial charge in [0.25, 0.3) is 0 Å². The van der Waals surface area contributed by atoms with Crippen molar-refractivity contribution < 1.29 is 13.2 Å².